The highest BCUT2D eigenvalue weighted by molar-refractivity contribution is 5.09. The Labute approximate surface area is 87.0 Å². The lowest BCUT2D eigenvalue weighted by Gasteiger charge is -2.39. The van der Waals surface area contributed by atoms with Crippen LogP contribution in [0.3, 0.4) is 0 Å². The first-order valence-electron chi connectivity index (χ1n) is 6.38. The van der Waals surface area contributed by atoms with Crippen LogP contribution >= 0.6 is 0 Å². The maximum absolute atomic E-state index is 3.46. The van der Waals surface area contributed by atoms with Crippen molar-refractivity contribution in [1.29, 1.82) is 0 Å². The second kappa shape index (κ2) is 3.49. The molecule has 1 N–H and O–H groups in total. The van der Waals surface area contributed by atoms with Crippen LogP contribution in [0.25, 0.3) is 0 Å². The third-order valence-electron chi connectivity index (χ3n) is 4.62. The Balaban J connectivity index is 1.68. The Morgan fingerprint density at radius 2 is 1.64 bits per heavy atom. The second-order valence-electron chi connectivity index (χ2n) is 5.32. The Bertz CT molecular complexity index is 198. The monoisotopic (exact) mass is 194 g/mol. The topological polar surface area (TPSA) is 15.3 Å². The van der Waals surface area contributed by atoms with Crippen molar-refractivity contribution in [2.24, 2.45) is 5.92 Å². The van der Waals surface area contributed by atoms with Crippen LogP contribution in [-0.2, 0) is 0 Å². The first kappa shape index (κ1) is 9.17. The minimum atomic E-state index is 0.693. The van der Waals surface area contributed by atoms with E-state index in [0.29, 0.717) is 5.54 Å². The minimum Gasteiger partial charge on any atom is -0.314 e. The first-order chi connectivity index (χ1) is 6.92. The van der Waals surface area contributed by atoms with Gasteiger partial charge in [0.25, 0.3) is 0 Å². The Kier molecular flexibility index (Phi) is 2.29. The van der Waals surface area contributed by atoms with Crippen molar-refractivity contribution in [3.05, 3.63) is 0 Å². The van der Waals surface area contributed by atoms with E-state index in [9.17, 15) is 0 Å². The minimum absolute atomic E-state index is 0.693. The number of hydrogen-bond acceptors (Lipinski definition) is 2. The molecule has 0 spiro atoms. The van der Waals surface area contributed by atoms with Crippen LogP contribution in [0.2, 0.25) is 0 Å². The fourth-order valence-corrected chi connectivity index (χ4v) is 3.68. The molecule has 2 nitrogen and oxygen atoms in total. The molecule has 0 unspecified atom stereocenters. The van der Waals surface area contributed by atoms with Crippen LogP contribution < -0.4 is 5.32 Å². The van der Waals surface area contributed by atoms with Crippen molar-refractivity contribution < 1.29 is 0 Å². The molecule has 1 saturated heterocycles. The molecule has 0 aromatic rings. The van der Waals surface area contributed by atoms with E-state index >= 15 is 0 Å². The van der Waals surface area contributed by atoms with Crippen molar-refractivity contribution in [3.8, 4) is 0 Å². The van der Waals surface area contributed by atoms with E-state index in [1.54, 1.807) is 0 Å². The summed E-state index contributed by atoms with van der Waals surface area (Å²) in [6.45, 7) is 5.04. The highest BCUT2D eigenvalue weighted by Crippen LogP contribution is 2.53. The van der Waals surface area contributed by atoms with Crippen LogP contribution in [0.5, 0.6) is 0 Å². The van der Waals surface area contributed by atoms with Gasteiger partial charge in [-0.15, -0.1) is 0 Å². The summed E-state index contributed by atoms with van der Waals surface area (Å²) in [4.78, 5) is 2.81. The second-order valence-corrected chi connectivity index (χ2v) is 5.32. The summed E-state index contributed by atoms with van der Waals surface area (Å²) in [5.74, 6) is 1.06. The average molecular weight is 194 g/mol. The Morgan fingerprint density at radius 1 is 1.00 bits per heavy atom. The van der Waals surface area contributed by atoms with Gasteiger partial charge in [-0.05, 0) is 31.6 Å². The van der Waals surface area contributed by atoms with Gasteiger partial charge in [0.05, 0.1) is 0 Å². The largest absolute Gasteiger partial charge is 0.314 e. The van der Waals surface area contributed by atoms with Gasteiger partial charge in [0.1, 0.15) is 0 Å². The molecular weight excluding hydrogens is 172 g/mol. The van der Waals surface area contributed by atoms with E-state index in [1.165, 1.54) is 64.7 Å². The van der Waals surface area contributed by atoms with E-state index < -0.39 is 0 Å². The number of hydrogen-bond donors (Lipinski definition) is 1. The third-order valence-corrected chi connectivity index (χ3v) is 4.62. The van der Waals surface area contributed by atoms with Crippen LogP contribution in [0.15, 0.2) is 0 Å². The van der Waals surface area contributed by atoms with Crippen molar-refractivity contribution in [2.75, 3.05) is 26.2 Å². The molecular formula is C12H22N2. The van der Waals surface area contributed by atoms with E-state index in [-0.39, 0.29) is 0 Å². The molecule has 0 radical (unpaired) electrons. The number of nitrogens with one attached hydrogen (secondary N) is 1. The molecule has 2 saturated carbocycles. The zero-order chi connectivity index (χ0) is 9.43. The summed E-state index contributed by atoms with van der Waals surface area (Å²) in [5.41, 5.74) is 0.693. The lowest BCUT2D eigenvalue weighted by Crippen LogP contribution is -2.52. The smallest absolute Gasteiger partial charge is 0.0240 e. The van der Waals surface area contributed by atoms with Gasteiger partial charge in [0.2, 0.25) is 0 Å². The summed E-state index contributed by atoms with van der Waals surface area (Å²) in [6.07, 6.45) is 9.03. The molecule has 0 aromatic carbocycles. The van der Waals surface area contributed by atoms with E-state index in [2.05, 4.69) is 10.2 Å². The Morgan fingerprint density at radius 3 is 2.21 bits per heavy atom. The summed E-state index contributed by atoms with van der Waals surface area (Å²) in [6, 6.07) is 0. The molecule has 14 heavy (non-hydrogen) atoms. The normalized spacial score (nSPS) is 33.4. The summed E-state index contributed by atoms with van der Waals surface area (Å²) in [7, 11) is 0. The molecule has 3 rings (SSSR count). The maximum Gasteiger partial charge on any atom is 0.0240 e. The third kappa shape index (κ3) is 1.40. The number of nitrogens with zero attached hydrogens (tertiary/aromatic N) is 1. The van der Waals surface area contributed by atoms with Gasteiger partial charge >= 0.3 is 0 Å². The zero-order valence-corrected chi connectivity index (χ0v) is 9.10. The van der Waals surface area contributed by atoms with Crippen molar-refractivity contribution >= 4 is 0 Å². The molecule has 3 fully saturated rings. The van der Waals surface area contributed by atoms with Gasteiger partial charge in [-0.1, -0.05) is 12.8 Å². The molecule has 0 amide bonds. The van der Waals surface area contributed by atoms with Gasteiger partial charge in [-0.3, -0.25) is 4.90 Å². The fourth-order valence-electron chi connectivity index (χ4n) is 3.68. The SMILES string of the molecule is C1CCC(C2(N3CCNCC3)CC2)C1. The van der Waals surface area contributed by atoms with E-state index in [0.717, 1.165) is 5.92 Å². The molecule has 0 atom stereocenters. The highest BCUT2D eigenvalue weighted by Gasteiger charge is 2.53. The molecule has 1 aliphatic heterocycles. The van der Waals surface area contributed by atoms with Gasteiger partial charge < -0.3 is 5.32 Å². The van der Waals surface area contributed by atoms with Crippen molar-refractivity contribution in [2.45, 2.75) is 44.1 Å². The average Bonchev–Trinajstić information content (AvgIpc) is 2.88. The summed E-state index contributed by atoms with van der Waals surface area (Å²) in [5, 5.41) is 3.46. The van der Waals surface area contributed by atoms with Crippen molar-refractivity contribution in [1.82, 2.24) is 10.2 Å². The van der Waals surface area contributed by atoms with Gasteiger partial charge in [0.15, 0.2) is 0 Å². The van der Waals surface area contributed by atoms with E-state index in [4.69, 9.17) is 0 Å². The first-order valence-corrected chi connectivity index (χ1v) is 6.38. The molecule has 2 heteroatoms. The van der Waals surface area contributed by atoms with Crippen LogP contribution in [0.1, 0.15) is 38.5 Å². The number of piperazine rings is 1. The standard InChI is InChI=1S/C12H22N2/c1-2-4-11(3-1)12(5-6-12)14-9-7-13-8-10-14/h11,13H,1-10H2. The van der Waals surface area contributed by atoms with Crippen LogP contribution in [-0.4, -0.2) is 36.6 Å². The van der Waals surface area contributed by atoms with Crippen molar-refractivity contribution in [3.63, 3.8) is 0 Å². The molecule has 1 heterocycles. The molecule has 80 valence electrons. The molecule has 0 aromatic heterocycles. The summed E-state index contributed by atoms with van der Waals surface area (Å²) < 4.78 is 0. The maximum atomic E-state index is 3.46. The van der Waals surface area contributed by atoms with Gasteiger partial charge in [0, 0.05) is 31.7 Å². The summed E-state index contributed by atoms with van der Waals surface area (Å²) >= 11 is 0. The molecule has 0 bridgehead atoms. The van der Waals surface area contributed by atoms with E-state index in [1.807, 2.05) is 0 Å². The zero-order valence-electron chi connectivity index (χ0n) is 9.10. The quantitative estimate of drug-likeness (QED) is 0.718. The predicted octanol–water partition coefficient (Wildman–Crippen LogP) is 1.61. The fraction of sp³-hybridized carbons (Fsp3) is 1.00. The molecule has 2 aliphatic carbocycles. The van der Waals surface area contributed by atoms with Crippen LogP contribution in [0.4, 0.5) is 0 Å². The lowest BCUT2D eigenvalue weighted by atomic mass is 9.93. The predicted molar refractivity (Wildman–Crippen MR) is 58.4 cm³/mol. The highest BCUT2D eigenvalue weighted by atomic mass is 15.3. The Hall–Kier alpha value is -0.0800. The van der Waals surface area contributed by atoms with Gasteiger partial charge in [-0.25, -0.2) is 0 Å². The molecule has 3 aliphatic rings. The lowest BCUT2D eigenvalue weighted by molar-refractivity contribution is 0.105. The number of rotatable bonds is 2. The van der Waals surface area contributed by atoms with Gasteiger partial charge in [-0.2, -0.15) is 0 Å². The van der Waals surface area contributed by atoms with Crippen LogP contribution in [0, 0.1) is 5.92 Å².